The molecule has 0 bridgehead atoms. The van der Waals surface area contributed by atoms with Crippen LogP contribution in [0.3, 0.4) is 0 Å². The molecule has 2 aliphatic rings. The number of anilines is 1. The summed E-state index contributed by atoms with van der Waals surface area (Å²) < 4.78 is 7.47. The van der Waals surface area contributed by atoms with E-state index in [9.17, 15) is 0 Å². The van der Waals surface area contributed by atoms with E-state index in [1.165, 1.54) is 19.4 Å². The number of aryl methyl sites for hydroxylation is 1. The fourth-order valence-electron chi connectivity index (χ4n) is 2.59. The molecule has 94 valence electrons. The first-order valence-electron chi connectivity index (χ1n) is 6.15. The van der Waals surface area contributed by atoms with Gasteiger partial charge in [-0.2, -0.15) is 0 Å². The van der Waals surface area contributed by atoms with Crippen molar-refractivity contribution in [2.75, 3.05) is 31.6 Å². The van der Waals surface area contributed by atoms with Crippen LogP contribution in [0.25, 0.3) is 0 Å². The topological polar surface area (TPSA) is 68.1 Å². The maximum atomic E-state index is 5.85. The van der Waals surface area contributed by atoms with Crippen LogP contribution in [-0.2, 0) is 11.8 Å². The van der Waals surface area contributed by atoms with Gasteiger partial charge in [0.15, 0.2) is 0 Å². The molecule has 7 heteroatoms. The number of fused-ring (bicyclic) bond motifs is 1. The average molecular weight is 238 g/mol. The van der Waals surface area contributed by atoms with Gasteiger partial charge in [-0.25, -0.2) is 4.68 Å². The van der Waals surface area contributed by atoms with Crippen molar-refractivity contribution in [2.24, 2.45) is 7.05 Å². The summed E-state index contributed by atoms with van der Waals surface area (Å²) in [6.07, 6.45) is 2.83. The monoisotopic (exact) mass is 238 g/mol. The largest absolute Gasteiger partial charge is 0.373 e. The highest BCUT2D eigenvalue weighted by atomic mass is 16.5. The van der Waals surface area contributed by atoms with E-state index in [1.807, 2.05) is 7.05 Å². The molecular formula is C10H18N6O. The van der Waals surface area contributed by atoms with Crippen molar-refractivity contribution in [1.29, 1.82) is 0 Å². The summed E-state index contributed by atoms with van der Waals surface area (Å²) in [6.45, 7) is 3.86. The molecule has 2 fully saturated rings. The lowest BCUT2D eigenvalue weighted by Gasteiger charge is -2.35. The Morgan fingerprint density at radius 2 is 2.47 bits per heavy atom. The molecule has 1 N–H and O–H groups in total. The Morgan fingerprint density at radius 3 is 3.29 bits per heavy atom. The lowest BCUT2D eigenvalue weighted by Crippen LogP contribution is -2.48. The quantitative estimate of drug-likeness (QED) is 0.764. The van der Waals surface area contributed by atoms with Crippen molar-refractivity contribution in [3.63, 3.8) is 0 Å². The van der Waals surface area contributed by atoms with E-state index in [1.54, 1.807) is 4.68 Å². The number of hydrogen-bond donors (Lipinski definition) is 1. The Labute approximate surface area is 100 Å². The first-order chi connectivity index (χ1) is 8.33. The van der Waals surface area contributed by atoms with Crippen molar-refractivity contribution in [2.45, 2.75) is 25.0 Å². The zero-order valence-corrected chi connectivity index (χ0v) is 10.0. The minimum absolute atomic E-state index is 0.237. The van der Waals surface area contributed by atoms with Crippen LogP contribution in [-0.4, -0.2) is 63.5 Å². The van der Waals surface area contributed by atoms with E-state index in [0.717, 1.165) is 19.7 Å². The van der Waals surface area contributed by atoms with Gasteiger partial charge in [-0.15, -0.1) is 0 Å². The van der Waals surface area contributed by atoms with Gasteiger partial charge in [0.1, 0.15) is 0 Å². The molecule has 0 radical (unpaired) electrons. The maximum Gasteiger partial charge on any atom is 0.242 e. The van der Waals surface area contributed by atoms with Gasteiger partial charge >= 0.3 is 0 Å². The number of nitrogens with zero attached hydrogens (tertiary/aromatic N) is 5. The van der Waals surface area contributed by atoms with E-state index in [-0.39, 0.29) is 6.10 Å². The number of ether oxygens (including phenoxy) is 1. The highest BCUT2D eigenvalue weighted by Gasteiger charge is 2.32. The Bertz CT molecular complexity index is 381. The third kappa shape index (κ3) is 2.25. The second kappa shape index (κ2) is 4.58. The highest BCUT2D eigenvalue weighted by molar-refractivity contribution is 5.21. The number of tetrazole rings is 1. The Balaban J connectivity index is 1.51. The van der Waals surface area contributed by atoms with Crippen LogP contribution in [0, 0.1) is 0 Å². The van der Waals surface area contributed by atoms with Crippen LogP contribution in [0.15, 0.2) is 0 Å². The molecule has 1 aromatic heterocycles. The van der Waals surface area contributed by atoms with Crippen molar-refractivity contribution in [3.8, 4) is 0 Å². The smallest absolute Gasteiger partial charge is 0.242 e. The minimum Gasteiger partial charge on any atom is -0.373 e. The van der Waals surface area contributed by atoms with Crippen LogP contribution in [0.5, 0.6) is 0 Å². The van der Waals surface area contributed by atoms with Crippen molar-refractivity contribution < 1.29 is 4.74 Å². The normalized spacial score (nSPS) is 29.2. The van der Waals surface area contributed by atoms with Crippen molar-refractivity contribution in [1.82, 2.24) is 25.1 Å². The van der Waals surface area contributed by atoms with E-state index >= 15 is 0 Å². The van der Waals surface area contributed by atoms with Crippen LogP contribution in [0.4, 0.5) is 5.95 Å². The first kappa shape index (κ1) is 10.9. The molecule has 3 heterocycles. The molecule has 0 aromatic carbocycles. The summed E-state index contributed by atoms with van der Waals surface area (Å²) in [4.78, 5) is 2.53. The van der Waals surface area contributed by atoms with Crippen molar-refractivity contribution >= 4 is 5.95 Å². The van der Waals surface area contributed by atoms with Gasteiger partial charge < -0.3 is 10.1 Å². The predicted molar refractivity (Wildman–Crippen MR) is 61.6 cm³/mol. The minimum atomic E-state index is 0.237. The second-order valence-corrected chi connectivity index (χ2v) is 4.75. The Kier molecular flexibility index (Phi) is 2.94. The number of aromatic nitrogens is 4. The molecule has 7 nitrogen and oxygen atoms in total. The molecule has 1 aromatic rings. The van der Waals surface area contributed by atoms with Gasteiger partial charge in [0.25, 0.3) is 0 Å². The summed E-state index contributed by atoms with van der Waals surface area (Å²) in [6, 6.07) is 0.655. The molecule has 2 unspecified atom stereocenters. The summed E-state index contributed by atoms with van der Waals surface area (Å²) in [7, 11) is 1.82. The summed E-state index contributed by atoms with van der Waals surface area (Å²) in [5, 5.41) is 14.5. The predicted octanol–water partition coefficient (Wildman–Crippen LogP) is -0.515. The molecule has 0 spiro atoms. The number of hydrogen-bond acceptors (Lipinski definition) is 6. The lowest BCUT2D eigenvalue weighted by molar-refractivity contribution is -0.0416. The van der Waals surface area contributed by atoms with E-state index < -0.39 is 0 Å². The van der Waals surface area contributed by atoms with E-state index in [2.05, 4.69) is 25.7 Å². The maximum absolute atomic E-state index is 5.85. The standard InChI is InChI=1S/C10H18N6O/c1-15-10(12-13-14-15)11-5-9-6-16-4-2-3-8(16)7-17-9/h8-9H,2-7H2,1H3,(H,11,12,14). The van der Waals surface area contributed by atoms with Gasteiger partial charge in [0.05, 0.1) is 12.7 Å². The van der Waals surface area contributed by atoms with Gasteiger partial charge in [-0.05, 0) is 29.8 Å². The second-order valence-electron chi connectivity index (χ2n) is 4.75. The van der Waals surface area contributed by atoms with Gasteiger partial charge in [-0.1, -0.05) is 5.10 Å². The lowest BCUT2D eigenvalue weighted by atomic mass is 10.2. The van der Waals surface area contributed by atoms with E-state index in [0.29, 0.717) is 12.0 Å². The van der Waals surface area contributed by atoms with E-state index in [4.69, 9.17) is 4.74 Å². The molecule has 2 saturated heterocycles. The Morgan fingerprint density at radius 1 is 1.53 bits per heavy atom. The Hall–Kier alpha value is -1.21. The van der Waals surface area contributed by atoms with Crippen LogP contribution >= 0.6 is 0 Å². The average Bonchev–Trinajstić information content (AvgIpc) is 2.94. The zero-order valence-electron chi connectivity index (χ0n) is 10.0. The van der Waals surface area contributed by atoms with Crippen LogP contribution in [0.1, 0.15) is 12.8 Å². The molecule has 3 rings (SSSR count). The third-order valence-electron chi connectivity index (χ3n) is 3.57. The molecule has 0 amide bonds. The molecule has 0 aliphatic carbocycles. The van der Waals surface area contributed by atoms with Crippen molar-refractivity contribution in [3.05, 3.63) is 0 Å². The molecule has 2 atom stereocenters. The van der Waals surface area contributed by atoms with Gasteiger partial charge in [-0.3, -0.25) is 4.90 Å². The fraction of sp³-hybridized carbons (Fsp3) is 0.900. The first-order valence-corrected chi connectivity index (χ1v) is 6.15. The van der Waals surface area contributed by atoms with Crippen LogP contribution < -0.4 is 5.32 Å². The van der Waals surface area contributed by atoms with Crippen LogP contribution in [0.2, 0.25) is 0 Å². The summed E-state index contributed by atoms with van der Waals surface area (Å²) >= 11 is 0. The number of rotatable bonds is 3. The summed E-state index contributed by atoms with van der Waals surface area (Å²) in [5.74, 6) is 0.692. The fourth-order valence-corrected chi connectivity index (χ4v) is 2.59. The SMILES string of the molecule is Cn1nnnc1NCC1CN2CCCC2CO1. The third-order valence-corrected chi connectivity index (χ3v) is 3.57. The molecular weight excluding hydrogens is 220 g/mol. The zero-order chi connectivity index (χ0) is 11.7. The highest BCUT2D eigenvalue weighted by Crippen LogP contribution is 2.22. The summed E-state index contributed by atoms with van der Waals surface area (Å²) in [5.41, 5.74) is 0. The number of nitrogens with one attached hydrogen (secondary N) is 1. The van der Waals surface area contributed by atoms with Gasteiger partial charge in [0.2, 0.25) is 5.95 Å². The molecule has 17 heavy (non-hydrogen) atoms. The molecule has 0 saturated carbocycles. The van der Waals surface area contributed by atoms with Gasteiger partial charge in [0, 0.05) is 26.2 Å². The molecule has 2 aliphatic heterocycles. The number of morpholine rings is 1.